The third kappa shape index (κ3) is 2.93. The molecule has 2 aromatic rings. The Morgan fingerprint density at radius 1 is 0.957 bits per heavy atom. The molecule has 2 aliphatic rings. The number of amides is 2. The van der Waals surface area contributed by atoms with E-state index in [0.717, 1.165) is 11.3 Å². The van der Waals surface area contributed by atoms with Gasteiger partial charge in [0, 0.05) is 42.9 Å². The summed E-state index contributed by atoms with van der Waals surface area (Å²) in [6.07, 6.45) is 0.980. The van der Waals surface area contributed by atoms with Crippen molar-refractivity contribution < 1.29 is 9.59 Å². The molecule has 0 radical (unpaired) electrons. The Kier molecular flexibility index (Phi) is 3.95. The van der Waals surface area contributed by atoms with Crippen LogP contribution in [0.3, 0.4) is 0 Å². The maximum atomic E-state index is 12.6. The van der Waals surface area contributed by atoms with Gasteiger partial charge in [0.05, 0.1) is 4.88 Å². The molecule has 0 bridgehead atoms. The summed E-state index contributed by atoms with van der Waals surface area (Å²) in [6.45, 7) is 2.59. The second-order valence-corrected chi connectivity index (χ2v) is 7.99. The van der Waals surface area contributed by atoms with E-state index >= 15 is 0 Å². The minimum atomic E-state index is 0.0926. The summed E-state index contributed by atoms with van der Waals surface area (Å²) in [4.78, 5) is 30.8. The number of nitrogens with zero attached hydrogens (tertiary/aromatic N) is 2. The molecular formula is C17H18N2O2S2. The lowest BCUT2D eigenvalue weighted by molar-refractivity contribution is -0.134. The molecule has 120 valence electrons. The lowest BCUT2D eigenvalue weighted by Gasteiger charge is -2.34. The van der Waals surface area contributed by atoms with Gasteiger partial charge in [0.25, 0.3) is 5.91 Å². The summed E-state index contributed by atoms with van der Waals surface area (Å²) in [5.74, 6) is 0.947. The van der Waals surface area contributed by atoms with E-state index in [0.29, 0.717) is 32.1 Å². The molecule has 0 unspecified atom stereocenters. The SMILES string of the molecule is O=C(c1cccs1)N1CCN(C(=O)[C@H]2C[C@@H]2c2cccs2)CC1. The first-order chi connectivity index (χ1) is 11.2. The Morgan fingerprint density at radius 2 is 1.65 bits per heavy atom. The molecule has 0 aromatic carbocycles. The van der Waals surface area contributed by atoms with Gasteiger partial charge >= 0.3 is 0 Å². The third-order valence-electron chi connectivity index (χ3n) is 4.63. The second-order valence-electron chi connectivity index (χ2n) is 6.06. The van der Waals surface area contributed by atoms with Crippen LogP contribution in [0.15, 0.2) is 35.0 Å². The highest BCUT2D eigenvalue weighted by Crippen LogP contribution is 2.50. The standard InChI is InChI=1S/C17H18N2O2S2/c20-16(13-11-12(13)14-3-1-9-22-14)18-5-7-19(8-6-18)17(21)15-4-2-10-23-15/h1-4,9-10,12-13H,5-8,11H2/t12-,13-/m0/s1. The maximum absolute atomic E-state index is 12.6. The highest BCUT2D eigenvalue weighted by Gasteiger charge is 2.46. The molecule has 1 aliphatic carbocycles. The number of hydrogen-bond donors (Lipinski definition) is 0. The number of rotatable bonds is 3. The first-order valence-corrected chi connectivity index (χ1v) is 9.65. The van der Waals surface area contributed by atoms with Crippen molar-refractivity contribution in [2.75, 3.05) is 26.2 Å². The number of carbonyl (C=O) groups excluding carboxylic acids is 2. The fourth-order valence-electron chi connectivity index (χ4n) is 3.21. The van der Waals surface area contributed by atoms with E-state index < -0.39 is 0 Å². The normalized spacial score (nSPS) is 23.8. The summed E-state index contributed by atoms with van der Waals surface area (Å²) in [6, 6.07) is 7.94. The van der Waals surface area contributed by atoms with Crippen molar-refractivity contribution in [2.45, 2.75) is 12.3 Å². The molecule has 1 aliphatic heterocycles. The van der Waals surface area contributed by atoms with Gasteiger partial charge in [0.2, 0.25) is 5.91 Å². The molecule has 1 saturated carbocycles. The molecule has 2 aromatic heterocycles. The molecular weight excluding hydrogens is 328 g/mol. The Hall–Kier alpha value is -1.66. The molecule has 2 atom stereocenters. The maximum Gasteiger partial charge on any atom is 0.264 e. The monoisotopic (exact) mass is 346 g/mol. The van der Waals surface area contributed by atoms with Gasteiger partial charge in [-0.2, -0.15) is 0 Å². The van der Waals surface area contributed by atoms with Crippen LogP contribution in [0.4, 0.5) is 0 Å². The van der Waals surface area contributed by atoms with Gasteiger partial charge in [-0.05, 0) is 29.3 Å². The highest BCUT2D eigenvalue weighted by molar-refractivity contribution is 7.12. The predicted octanol–water partition coefficient (Wildman–Crippen LogP) is 2.90. The van der Waals surface area contributed by atoms with Gasteiger partial charge in [0.1, 0.15) is 0 Å². The van der Waals surface area contributed by atoms with Crippen LogP contribution in [-0.4, -0.2) is 47.8 Å². The smallest absolute Gasteiger partial charge is 0.264 e. The van der Waals surface area contributed by atoms with E-state index in [1.54, 1.807) is 11.3 Å². The summed E-state index contributed by atoms with van der Waals surface area (Å²) in [5, 5.41) is 4.00. The highest BCUT2D eigenvalue weighted by atomic mass is 32.1. The zero-order chi connectivity index (χ0) is 15.8. The number of carbonyl (C=O) groups is 2. The van der Waals surface area contributed by atoms with Crippen LogP contribution in [0.5, 0.6) is 0 Å². The van der Waals surface area contributed by atoms with E-state index in [1.807, 2.05) is 27.3 Å². The van der Waals surface area contributed by atoms with Crippen molar-refractivity contribution in [1.82, 2.24) is 9.80 Å². The zero-order valence-corrected chi connectivity index (χ0v) is 14.3. The fourth-order valence-corrected chi connectivity index (χ4v) is 4.80. The van der Waals surface area contributed by atoms with Gasteiger partial charge in [-0.3, -0.25) is 9.59 Å². The van der Waals surface area contributed by atoms with Gasteiger partial charge in [-0.15, -0.1) is 22.7 Å². The van der Waals surface area contributed by atoms with Crippen LogP contribution in [0.25, 0.3) is 0 Å². The van der Waals surface area contributed by atoms with Gasteiger partial charge in [-0.25, -0.2) is 0 Å². The number of hydrogen-bond acceptors (Lipinski definition) is 4. The molecule has 4 nitrogen and oxygen atoms in total. The quantitative estimate of drug-likeness (QED) is 0.857. The largest absolute Gasteiger partial charge is 0.339 e. The van der Waals surface area contributed by atoms with Crippen LogP contribution in [0.2, 0.25) is 0 Å². The van der Waals surface area contributed by atoms with Crippen LogP contribution >= 0.6 is 22.7 Å². The van der Waals surface area contributed by atoms with Gasteiger partial charge < -0.3 is 9.80 Å². The first kappa shape index (κ1) is 14.9. The van der Waals surface area contributed by atoms with Crippen LogP contribution < -0.4 is 0 Å². The number of thiophene rings is 2. The molecule has 2 fully saturated rings. The van der Waals surface area contributed by atoms with E-state index in [-0.39, 0.29) is 17.7 Å². The summed E-state index contributed by atoms with van der Waals surface area (Å²) >= 11 is 3.22. The minimum absolute atomic E-state index is 0.0926. The van der Waals surface area contributed by atoms with E-state index in [2.05, 4.69) is 17.5 Å². The molecule has 4 rings (SSSR count). The predicted molar refractivity (Wildman–Crippen MR) is 92.0 cm³/mol. The Morgan fingerprint density at radius 3 is 2.30 bits per heavy atom. The molecule has 2 amide bonds. The molecule has 3 heterocycles. The topological polar surface area (TPSA) is 40.6 Å². The van der Waals surface area contributed by atoms with Crippen LogP contribution in [0.1, 0.15) is 26.9 Å². The Labute approximate surface area is 143 Å². The molecule has 0 N–H and O–H groups in total. The molecule has 1 saturated heterocycles. The Bertz CT molecular complexity index is 688. The fraction of sp³-hybridized carbons (Fsp3) is 0.412. The summed E-state index contributed by atoms with van der Waals surface area (Å²) in [5.41, 5.74) is 0. The van der Waals surface area contributed by atoms with Crippen molar-refractivity contribution in [3.05, 3.63) is 44.8 Å². The summed E-state index contributed by atoms with van der Waals surface area (Å²) in [7, 11) is 0. The summed E-state index contributed by atoms with van der Waals surface area (Å²) < 4.78 is 0. The molecule has 6 heteroatoms. The minimum Gasteiger partial charge on any atom is -0.339 e. The van der Waals surface area contributed by atoms with Crippen LogP contribution in [-0.2, 0) is 4.79 Å². The number of piperazine rings is 1. The van der Waals surface area contributed by atoms with Crippen LogP contribution in [0, 0.1) is 5.92 Å². The van der Waals surface area contributed by atoms with E-state index in [4.69, 9.17) is 0 Å². The third-order valence-corrected chi connectivity index (χ3v) is 6.49. The lowest BCUT2D eigenvalue weighted by atomic mass is 10.2. The van der Waals surface area contributed by atoms with Crippen molar-refractivity contribution in [1.29, 1.82) is 0 Å². The average Bonchev–Trinajstić information content (AvgIpc) is 3.00. The molecule has 0 spiro atoms. The van der Waals surface area contributed by atoms with Crippen molar-refractivity contribution in [2.24, 2.45) is 5.92 Å². The average molecular weight is 346 g/mol. The lowest BCUT2D eigenvalue weighted by Crippen LogP contribution is -2.51. The Balaban J connectivity index is 1.32. The van der Waals surface area contributed by atoms with Crippen molar-refractivity contribution in [3.8, 4) is 0 Å². The second kappa shape index (κ2) is 6.09. The van der Waals surface area contributed by atoms with Crippen molar-refractivity contribution >= 4 is 34.5 Å². The first-order valence-electron chi connectivity index (χ1n) is 7.89. The zero-order valence-electron chi connectivity index (χ0n) is 12.7. The van der Waals surface area contributed by atoms with E-state index in [9.17, 15) is 9.59 Å². The van der Waals surface area contributed by atoms with Crippen molar-refractivity contribution in [3.63, 3.8) is 0 Å². The molecule has 23 heavy (non-hydrogen) atoms. The van der Waals surface area contributed by atoms with E-state index in [1.165, 1.54) is 16.2 Å². The van der Waals surface area contributed by atoms with Gasteiger partial charge in [-0.1, -0.05) is 12.1 Å². The van der Waals surface area contributed by atoms with Gasteiger partial charge in [0.15, 0.2) is 0 Å².